The largest absolute Gasteiger partial charge is 0.573 e. The molecule has 0 saturated carbocycles. The number of amides is 1. The van der Waals surface area contributed by atoms with E-state index < -0.39 is 35.1 Å². The molecule has 4 rings (SSSR count). The van der Waals surface area contributed by atoms with Gasteiger partial charge in [0.2, 0.25) is 0 Å². The Labute approximate surface area is 181 Å². The lowest BCUT2D eigenvalue weighted by atomic mass is 10.2. The molecule has 0 saturated heterocycles. The van der Waals surface area contributed by atoms with E-state index in [1.807, 2.05) is 0 Å². The van der Waals surface area contributed by atoms with E-state index in [1.54, 1.807) is 0 Å². The third kappa shape index (κ3) is 4.35. The number of aromatic nitrogens is 3. The van der Waals surface area contributed by atoms with Crippen LogP contribution in [0, 0.1) is 5.82 Å². The summed E-state index contributed by atoms with van der Waals surface area (Å²) in [6.07, 6.45) is -3.52. The van der Waals surface area contributed by atoms with Gasteiger partial charge in [-0.1, -0.05) is 0 Å². The van der Waals surface area contributed by atoms with Crippen molar-refractivity contribution >= 4 is 22.6 Å². The van der Waals surface area contributed by atoms with E-state index in [1.165, 1.54) is 42.1 Å². The predicted octanol–water partition coefficient (Wildman–Crippen LogP) is 3.31. The standard InChI is InChI=1S/C21H14F4N4O4/c1-28-10-15(18(30)26-12-4-8-14(9-5-12)33-21(23,24)25)16-17(28)19(31)29(20(32)27-16)13-6-2-11(22)3-7-13/h2-10H,1H3,(H,26,30)(H,27,32). The second kappa shape index (κ2) is 7.97. The summed E-state index contributed by atoms with van der Waals surface area (Å²) in [5.74, 6) is -1.71. The highest BCUT2D eigenvalue weighted by molar-refractivity contribution is 6.11. The maximum absolute atomic E-state index is 13.2. The summed E-state index contributed by atoms with van der Waals surface area (Å²) in [6.45, 7) is 0. The minimum absolute atomic E-state index is 0.0120. The molecule has 0 spiro atoms. The minimum atomic E-state index is -4.85. The van der Waals surface area contributed by atoms with Crippen molar-refractivity contribution in [1.82, 2.24) is 14.1 Å². The first-order valence-corrected chi connectivity index (χ1v) is 9.31. The number of H-pyrrole nitrogens is 1. The molecule has 33 heavy (non-hydrogen) atoms. The first-order valence-electron chi connectivity index (χ1n) is 9.31. The van der Waals surface area contributed by atoms with Gasteiger partial charge in [-0.05, 0) is 48.5 Å². The van der Waals surface area contributed by atoms with Crippen LogP contribution >= 0.6 is 0 Å². The number of aromatic amines is 1. The second-order valence-corrected chi connectivity index (χ2v) is 6.95. The average molecular weight is 462 g/mol. The number of rotatable bonds is 4. The molecule has 0 aliphatic rings. The number of carbonyl (C=O) groups is 1. The summed E-state index contributed by atoms with van der Waals surface area (Å²) >= 11 is 0. The summed E-state index contributed by atoms with van der Waals surface area (Å²) in [5, 5.41) is 2.48. The van der Waals surface area contributed by atoms with Crippen LogP contribution in [0.1, 0.15) is 10.4 Å². The second-order valence-electron chi connectivity index (χ2n) is 6.95. The summed E-state index contributed by atoms with van der Waals surface area (Å²) in [7, 11) is 1.50. The van der Waals surface area contributed by atoms with Gasteiger partial charge in [0, 0.05) is 18.9 Å². The third-order valence-corrected chi connectivity index (χ3v) is 4.70. The van der Waals surface area contributed by atoms with E-state index in [4.69, 9.17) is 0 Å². The molecule has 2 aromatic carbocycles. The Hall–Kier alpha value is -4.35. The van der Waals surface area contributed by atoms with E-state index >= 15 is 0 Å². The van der Waals surface area contributed by atoms with Gasteiger partial charge in [-0.25, -0.2) is 13.8 Å². The fraction of sp³-hybridized carbons (Fsp3) is 0.0952. The van der Waals surface area contributed by atoms with Crippen molar-refractivity contribution < 1.29 is 27.1 Å². The molecule has 1 amide bonds. The lowest BCUT2D eigenvalue weighted by Crippen LogP contribution is -2.34. The van der Waals surface area contributed by atoms with Gasteiger partial charge in [-0.2, -0.15) is 0 Å². The summed E-state index contributed by atoms with van der Waals surface area (Å²) < 4.78 is 56.0. The maximum atomic E-state index is 13.2. The Kier molecular flexibility index (Phi) is 5.28. The number of anilines is 1. The predicted molar refractivity (Wildman–Crippen MR) is 110 cm³/mol. The van der Waals surface area contributed by atoms with E-state index in [0.29, 0.717) is 0 Å². The molecule has 12 heteroatoms. The monoisotopic (exact) mass is 462 g/mol. The molecule has 0 unspecified atom stereocenters. The van der Waals surface area contributed by atoms with Crippen LogP contribution in [-0.2, 0) is 7.05 Å². The Morgan fingerprint density at radius 1 is 1.03 bits per heavy atom. The average Bonchev–Trinajstić information content (AvgIpc) is 3.06. The van der Waals surface area contributed by atoms with Crippen LogP contribution in [-0.4, -0.2) is 26.4 Å². The van der Waals surface area contributed by atoms with Crippen LogP contribution in [0.2, 0.25) is 0 Å². The van der Waals surface area contributed by atoms with Gasteiger partial charge in [0.1, 0.15) is 17.1 Å². The molecular formula is C21H14F4N4O4. The minimum Gasteiger partial charge on any atom is -0.406 e. The Morgan fingerprint density at radius 3 is 2.27 bits per heavy atom. The van der Waals surface area contributed by atoms with Crippen LogP contribution in [0.4, 0.5) is 23.2 Å². The van der Waals surface area contributed by atoms with Crippen molar-refractivity contribution in [2.24, 2.45) is 7.05 Å². The van der Waals surface area contributed by atoms with Crippen molar-refractivity contribution in [3.8, 4) is 11.4 Å². The van der Waals surface area contributed by atoms with Gasteiger partial charge < -0.3 is 19.6 Å². The Morgan fingerprint density at radius 2 is 1.67 bits per heavy atom. The topological polar surface area (TPSA) is 98.1 Å². The van der Waals surface area contributed by atoms with E-state index in [-0.39, 0.29) is 28.0 Å². The molecule has 0 bridgehead atoms. The highest BCUT2D eigenvalue weighted by Crippen LogP contribution is 2.24. The third-order valence-electron chi connectivity index (χ3n) is 4.70. The molecule has 2 aromatic heterocycles. The molecule has 0 fully saturated rings. The van der Waals surface area contributed by atoms with Gasteiger partial charge >= 0.3 is 12.1 Å². The lowest BCUT2D eigenvalue weighted by molar-refractivity contribution is -0.274. The van der Waals surface area contributed by atoms with Crippen molar-refractivity contribution in [2.75, 3.05) is 5.32 Å². The molecule has 0 radical (unpaired) electrons. The zero-order valence-electron chi connectivity index (χ0n) is 16.7. The molecule has 0 aliphatic heterocycles. The SMILES string of the molecule is Cn1cc(C(=O)Nc2ccc(OC(F)(F)F)cc2)c2[nH]c(=O)n(-c3ccc(F)cc3)c(=O)c21. The molecule has 2 N–H and O–H groups in total. The number of carbonyl (C=O) groups excluding carboxylic acids is 1. The van der Waals surface area contributed by atoms with Gasteiger partial charge in [-0.15, -0.1) is 13.2 Å². The fourth-order valence-corrected chi connectivity index (χ4v) is 3.31. The number of benzene rings is 2. The van der Waals surface area contributed by atoms with Gasteiger partial charge in [0.05, 0.1) is 16.8 Å². The molecule has 0 atom stereocenters. The fourth-order valence-electron chi connectivity index (χ4n) is 3.31. The molecule has 0 aliphatic carbocycles. The van der Waals surface area contributed by atoms with E-state index in [2.05, 4.69) is 15.0 Å². The van der Waals surface area contributed by atoms with E-state index in [0.717, 1.165) is 28.8 Å². The van der Waals surface area contributed by atoms with Crippen LogP contribution in [0.25, 0.3) is 16.7 Å². The molecular weight excluding hydrogens is 448 g/mol. The molecule has 170 valence electrons. The number of hydrogen-bond donors (Lipinski definition) is 2. The smallest absolute Gasteiger partial charge is 0.406 e. The number of nitrogens with zero attached hydrogens (tertiary/aromatic N) is 2. The summed E-state index contributed by atoms with van der Waals surface area (Å²) in [4.78, 5) is 40.8. The number of aryl methyl sites for hydroxylation is 1. The number of ether oxygens (including phenoxy) is 1. The van der Waals surface area contributed by atoms with Gasteiger partial charge in [0.15, 0.2) is 0 Å². The van der Waals surface area contributed by atoms with Crippen molar-refractivity contribution in [2.45, 2.75) is 6.36 Å². The molecule has 4 aromatic rings. The summed E-state index contributed by atoms with van der Waals surface area (Å²) in [5.41, 5.74) is -1.32. The number of fused-ring (bicyclic) bond motifs is 1. The zero-order chi connectivity index (χ0) is 23.9. The lowest BCUT2D eigenvalue weighted by Gasteiger charge is -2.10. The normalized spacial score (nSPS) is 11.5. The maximum Gasteiger partial charge on any atom is 0.573 e. The Balaban J connectivity index is 1.69. The molecule has 2 heterocycles. The van der Waals surface area contributed by atoms with Crippen molar-refractivity contribution in [3.63, 3.8) is 0 Å². The van der Waals surface area contributed by atoms with Gasteiger partial charge in [0.25, 0.3) is 11.5 Å². The van der Waals surface area contributed by atoms with E-state index in [9.17, 15) is 31.9 Å². The first-order chi connectivity index (χ1) is 15.5. The number of halogens is 4. The number of alkyl halides is 3. The highest BCUT2D eigenvalue weighted by Gasteiger charge is 2.31. The number of nitrogens with one attached hydrogen (secondary N) is 2. The molecule has 8 nitrogen and oxygen atoms in total. The van der Waals surface area contributed by atoms with Crippen molar-refractivity contribution in [1.29, 1.82) is 0 Å². The highest BCUT2D eigenvalue weighted by atomic mass is 19.4. The van der Waals surface area contributed by atoms with Crippen LogP contribution in [0.3, 0.4) is 0 Å². The van der Waals surface area contributed by atoms with Gasteiger partial charge in [-0.3, -0.25) is 9.59 Å². The zero-order valence-corrected chi connectivity index (χ0v) is 16.7. The van der Waals surface area contributed by atoms with Crippen LogP contribution in [0.5, 0.6) is 5.75 Å². The quantitative estimate of drug-likeness (QED) is 0.455. The van der Waals surface area contributed by atoms with Crippen LogP contribution < -0.4 is 21.3 Å². The first kappa shape index (κ1) is 21.9. The van der Waals surface area contributed by atoms with Crippen LogP contribution in [0.15, 0.2) is 64.3 Å². The number of hydrogen-bond acceptors (Lipinski definition) is 4. The van der Waals surface area contributed by atoms with Crippen molar-refractivity contribution in [3.05, 3.63) is 86.9 Å². The summed E-state index contributed by atoms with van der Waals surface area (Å²) in [6, 6.07) is 9.18. The Bertz CT molecular complexity index is 1470.